The molecule has 2 aromatic carbocycles. The molecular weight excluding hydrogens is 397 g/mol. The molecule has 0 saturated carbocycles. The van der Waals surface area contributed by atoms with Crippen LogP contribution in [0.25, 0.3) is 6.08 Å². The Morgan fingerprint density at radius 1 is 1.10 bits per heavy atom. The van der Waals surface area contributed by atoms with Gasteiger partial charge in [-0.3, -0.25) is 14.4 Å². The normalized spacial score (nSPS) is 14.6. The number of ether oxygens (including phenoxy) is 1. The Kier molecular flexibility index (Phi) is 6.06. The first-order chi connectivity index (χ1) is 14.3. The van der Waals surface area contributed by atoms with E-state index in [9.17, 15) is 23.6 Å². The number of anilines is 1. The standard InChI is InChI=1S/C20H16FN3O6/c21-13-3-5-14(6-4-13)22-17(25)11-30-15-7-1-12(2-8-15)9-16-19(28)24(10-18(26)27)20(29)23-16/h1-9H,10-11H2,(H,22,25)(H,23,29)(H,26,27). The molecule has 0 unspecified atom stereocenters. The summed E-state index contributed by atoms with van der Waals surface area (Å²) < 4.78 is 18.2. The van der Waals surface area contributed by atoms with Crippen molar-refractivity contribution in [2.24, 2.45) is 0 Å². The van der Waals surface area contributed by atoms with E-state index in [0.29, 0.717) is 21.9 Å². The lowest BCUT2D eigenvalue weighted by Crippen LogP contribution is -2.35. The second-order valence-electron chi connectivity index (χ2n) is 6.19. The van der Waals surface area contributed by atoms with Crippen molar-refractivity contribution in [1.29, 1.82) is 0 Å². The Bertz CT molecular complexity index is 1020. The van der Waals surface area contributed by atoms with Crippen molar-refractivity contribution in [3.63, 3.8) is 0 Å². The largest absolute Gasteiger partial charge is 0.484 e. The molecule has 10 heteroatoms. The van der Waals surface area contributed by atoms with Gasteiger partial charge in [0.05, 0.1) is 0 Å². The van der Waals surface area contributed by atoms with Gasteiger partial charge in [0.1, 0.15) is 23.8 Å². The fourth-order valence-corrected chi connectivity index (χ4v) is 2.56. The maximum absolute atomic E-state index is 12.9. The lowest BCUT2D eigenvalue weighted by Gasteiger charge is -2.08. The Morgan fingerprint density at radius 3 is 2.40 bits per heavy atom. The SMILES string of the molecule is O=C(O)CN1C(=O)NC(=Cc2ccc(OCC(=O)Nc3ccc(F)cc3)cc2)C1=O. The predicted molar refractivity (Wildman–Crippen MR) is 103 cm³/mol. The minimum absolute atomic E-state index is 0.0476. The molecule has 1 saturated heterocycles. The number of aliphatic carboxylic acids is 1. The second kappa shape index (κ2) is 8.86. The van der Waals surface area contributed by atoms with E-state index in [1.165, 1.54) is 30.3 Å². The van der Waals surface area contributed by atoms with Crippen LogP contribution in [-0.4, -0.2) is 47.0 Å². The molecule has 30 heavy (non-hydrogen) atoms. The molecule has 2 aromatic rings. The van der Waals surface area contributed by atoms with Crippen LogP contribution in [-0.2, 0) is 14.4 Å². The summed E-state index contributed by atoms with van der Waals surface area (Å²) in [7, 11) is 0. The van der Waals surface area contributed by atoms with Crippen LogP contribution >= 0.6 is 0 Å². The lowest BCUT2D eigenvalue weighted by molar-refractivity contribution is -0.140. The molecule has 0 atom stereocenters. The van der Waals surface area contributed by atoms with Gasteiger partial charge < -0.3 is 20.5 Å². The summed E-state index contributed by atoms with van der Waals surface area (Å²) in [5.74, 6) is -2.48. The highest BCUT2D eigenvalue weighted by Gasteiger charge is 2.34. The third-order valence-electron chi connectivity index (χ3n) is 3.94. The van der Waals surface area contributed by atoms with E-state index in [4.69, 9.17) is 9.84 Å². The number of nitrogens with one attached hydrogen (secondary N) is 2. The number of carbonyl (C=O) groups excluding carboxylic acids is 3. The average Bonchev–Trinajstić information content (AvgIpc) is 2.96. The highest BCUT2D eigenvalue weighted by atomic mass is 19.1. The zero-order chi connectivity index (χ0) is 21.7. The number of carbonyl (C=O) groups is 4. The van der Waals surface area contributed by atoms with Crippen molar-refractivity contribution in [1.82, 2.24) is 10.2 Å². The fourth-order valence-electron chi connectivity index (χ4n) is 2.56. The summed E-state index contributed by atoms with van der Waals surface area (Å²) in [6.07, 6.45) is 1.40. The number of rotatable bonds is 7. The number of benzene rings is 2. The Morgan fingerprint density at radius 2 is 1.77 bits per heavy atom. The van der Waals surface area contributed by atoms with E-state index < -0.39 is 36.2 Å². The molecule has 0 radical (unpaired) electrons. The molecule has 4 amide bonds. The quantitative estimate of drug-likeness (QED) is 0.470. The van der Waals surface area contributed by atoms with E-state index in [1.54, 1.807) is 24.3 Å². The summed E-state index contributed by atoms with van der Waals surface area (Å²) >= 11 is 0. The van der Waals surface area contributed by atoms with Crippen LogP contribution in [0, 0.1) is 5.82 Å². The van der Waals surface area contributed by atoms with Crippen molar-refractivity contribution < 1.29 is 33.4 Å². The smallest absolute Gasteiger partial charge is 0.329 e. The van der Waals surface area contributed by atoms with Gasteiger partial charge in [-0.1, -0.05) is 12.1 Å². The highest BCUT2D eigenvalue weighted by Crippen LogP contribution is 2.17. The summed E-state index contributed by atoms with van der Waals surface area (Å²) in [4.78, 5) is 47.0. The molecule has 0 aliphatic carbocycles. The lowest BCUT2D eigenvalue weighted by atomic mass is 10.2. The number of amides is 4. The van der Waals surface area contributed by atoms with Crippen molar-refractivity contribution in [2.45, 2.75) is 0 Å². The molecule has 0 bridgehead atoms. The zero-order valence-corrected chi connectivity index (χ0v) is 15.4. The highest BCUT2D eigenvalue weighted by molar-refractivity contribution is 6.15. The maximum Gasteiger partial charge on any atom is 0.329 e. The van der Waals surface area contributed by atoms with Crippen LogP contribution in [0.5, 0.6) is 5.75 Å². The molecular formula is C20H16FN3O6. The molecule has 1 fully saturated rings. The number of halogens is 1. The number of urea groups is 1. The summed E-state index contributed by atoms with van der Waals surface area (Å²) in [5.41, 5.74) is 0.944. The molecule has 154 valence electrons. The molecule has 3 N–H and O–H groups in total. The van der Waals surface area contributed by atoms with Crippen molar-refractivity contribution in [3.05, 3.63) is 65.6 Å². The van der Waals surface area contributed by atoms with Crippen LogP contribution in [0.4, 0.5) is 14.9 Å². The van der Waals surface area contributed by atoms with E-state index in [1.807, 2.05) is 0 Å². The molecule has 1 aliphatic heterocycles. The Hall–Kier alpha value is -4.21. The van der Waals surface area contributed by atoms with Crippen LogP contribution < -0.4 is 15.4 Å². The molecule has 1 heterocycles. The summed E-state index contributed by atoms with van der Waals surface area (Å²) in [5, 5.41) is 13.6. The second-order valence-corrected chi connectivity index (χ2v) is 6.19. The van der Waals surface area contributed by atoms with Gasteiger partial charge in [0.15, 0.2) is 6.61 Å². The van der Waals surface area contributed by atoms with E-state index in [0.717, 1.165) is 0 Å². The summed E-state index contributed by atoms with van der Waals surface area (Å²) in [6.45, 7) is -0.995. The Balaban J connectivity index is 1.56. The number of carboxylic acids is 1. The van der Waals surface area contributed by atoms with Gasteiger partial charge in [-0.05, 0) is 48.0 Å². The van der Waals surface area contributed by atoms with Crippen molar-refractivity contribution in [2.75, 3.05) is 18.5 Å². The third kappa shape index (κ3) is 5.19. The van der Waals surface area contributed by atoms with Crippen LogP contribution in [0.15, 0.2) is 54.2 Å². The molecule has 0 spiro atoms. The van der Waals surface area contributed by atoms with Crippen LogP contribution in [0.1, 0.15) is 5.56 Å². The fraction of sp³-hybridized carbons (Fsp3) is 0.100. The number of hydrogen-bond donors (Lipinski definition) is 3. The molecule has 0 aromatic heterocycles. The Labute approximate surface area is 169 Å². The summed E-state index contributed by atoms with van der Waals surface area (Å²) in [6, 6.07) is 10.8. The van der Waals surface area contributed by atoms with E-state index in [-0.39, 0.29) is 12.3 Å². The van der Waals surface area contributed by atoms with Crippen LogP contribution in [0.3, 0.4) is 0 Å². The van der Waals surface area contributed by atoms with Gasteiger partial charge in [0.2, 0.25) is 0 Å². The first-order valence-corrected chi connectivity index (χ1v) is 8.66. The maximum atomic E-state index is 12.9. The minimum atomic E-state index is -1.30. The minimum Gasteiger partial charge on any atom is -0.484 e. The topological polar surface area (TPSA) is 125 Å². The van der Waals surface area contributed by atoms with Crippen molar-refractivity contribution in [3.8, 4) is 5.75 Å². The zero-order valence-electron chi connectivity index (χ0n) is 15.4. The average molecular weight is 413 g/mol. The van der Waals surface area contributed by atoms with Gasteiger partial charge in [0.25, 0.3) is 11.8 Å². The van der Waals surface area contributed by atoms with E-state index >= 15 is 0 Å². The third-order valence-corrected chi connectivity index (χ3v) is 3.94. The molecule has 1 aliphatic rings. The number of hydrogen-bond acceptors (Lipinski definition) is 5. The van der Waals surface area contributed by atoms with Gasteiger partial charge in [-0.25, -0.2) is 14.1 Å². The number of imide groups is 1. The van der Waals surface area contributed by atoms with Gasteiger partial charge in [-0.15, -0.1) is 0 Å². The van der Waals surface area contributed by atoms with E-state index in [2.05, 4.69) is 10.6 Å². The van der Waals surface area contributed by atoms with Gasteiger partial charge >= 0.3 is 12.0 Å². The molecule has 9 nitrogen and oxygen atoms in total. The van der Waals surface area contributed by atoms with Gasteiger partial charge in [-0.2, -0.15) is 0 Å². The van der Waals surface area contributed by atoms with Gasteiger partial charge in [0, 0.05) is 5.69 Å². The first-order valence-electron chi connectivity index (χ1n) is 8.66. The van der Waals surface area contributed by atoms with Crippen molar-refractivity contribution >= 4 is 35.6 Å². The molecule has 3 rings (SSSR count). The number of carboxylic acid groups (broad SMARTS) is 1. The van der Waals surface area contributed by atoms with Crippen LogP contribution in [0.2, 0.25) is 0 Å². The monoisotopic (exact) mass is 413 g/mol. The first kappa shape index (κ1) is 20.5. The number of nitrogens with zero attached hydrogens (tertiary/aromatic N) is 1. The predicted octanol–water partition coefficient (Wildman–Crippen LogP) is 1.82.